The van der Waals surface area contributed by atoms with Crippen LogP contribution < -0.4 is 10.2 Å². The van der Waals surface area contributed by atoms with Crippen LogP contribution in [0.25, 0.3) is 10.2 Å². The van der Waals surface area contributed by atoms with Gasteiger partial charge in [0.15, 0.2) is 4.34 Å². The van der Waals surface area contributed by atoms with Crippen LogP contribution in [0.1, 0.15) is 44.6 Å². The Morgan fingerprint density at radius 3 is 2.81 bits per heavy atom. The lowest BCUT2D eigenvalue weighted by Gasteiger charge is -2.22. The molecule has 3 aromatic rings. The lowest BCUT2D eigenvalue weighted by molar-refractivity contribution is -0.120. The molecule has 32 heavy (non-hydrogen) atoms. The largest absolute Gasteiger partial charge is 0.326 e. The molecule has 2 aromatic carbocycles. The van der Waals surface area contributed by atoms with Crippen molar-refractivity contribution in [2.75, 3.05) is 16.0 Å². The van der Waals surface area contributed by atoms with E-state index in [2.05, 4.69) is 23.3 Å². The summed E-state index contributed by atoms with van der Waals surface area (Å²) >= 11 is 3.06. The summed E-state index contributed by atoms with van der Waals surface area (Å²) < 4.78 is 1.91. The van der Waals surface area contributed by atoms with Crippen molar-refractivity contribution in [2.24, 2.45) is 5.92 Å². The molecular formula is C25H27N3O2S2. The Balaban J connectivity index is 1.23. The number of aromatic nitrogens is 1. The smallest absolute Gasteiger partial charge is 0.237 e. The minimum absolute atomic E-state index is 0.118. The quantitative estimate of drug-likeness (QED) is 0.478. The predicted octanol–water partition coefficient (Wildman–Crippen LogP) is 5.89. The lowest BCUT2D eigenvalue weighted by atomic mass is 9.88. The molecule has 2 aliphatic rings. The summed E-state index contributed by atoms with van der Waals surface area (Å²) in [5, 5.41) is 3.09. The molecular weight excluding hydrogens is 438 g/mol. The van der Waals surface area contributed by atoms with E-state index in [1.165, 1.54) is 23.7 Å². The van der Waals surface area contributed by atoms with Crippen molar-refractivity contribution in [3.63, 3.8) is 0 Å². The van der Waals surface area contributed by atoms with Crippen molar-refractivity contribution in [2.45, 2.75) is 55.8 Å². The number of thiazole rings is 1. The number of hydrogen-bond donors (Lipinski definition) is 1. The highest BCUT2D eigenvalue weighted by molar-refractivity contribution is 8.01. The zero-order chi connectivity index (χ0) is 22.1. The number of rotatable bonds is 5. The second-order valence-electron chi connectivity index (χ2n) is 8.72. The maximum atomic E-state index is 13.0. The van der Waals surface area contributed by atoms with Crippen LogP contribution in [0.15, 0.2) is 46.8 Å². The molecule has 2 amide bonds. The summed E-state index contributed by atoms with van der Waals surface area (Å²) in [6.45, 7) is 2.10. The minimum atomic E-state index is 0.118. The Labute approximate surface area is 196 Å². The van der Waals surface area contributed by atoms with E-state index in [-0.39, 0.29) is 23.8 Å². The number of hydrogen-bond acceptors (Lipinski definition) is 5. The van der Waals surface area contributed by atoms with Crippen molar-refractivity contribution < 1.29 is 9.59 Å². The highest BCUT2D eigenvalue weighted by Gasteiger charge is 2.30. The molecule has 1 fully saturated rings. The molecule has 5 nitrogen and oxygen atoms in total. The fraction of sp³-hybridized carbons (Fsp3) is 0.400. The van der Waals surface area contributed by atoms with Gasteiger partial charge in [0.1, 0.15) is 0 Å². The van der Waals surface area contributed by atoms with Gasteiger partial charge in [-0.25, -0.2) is 4.98 Å². The number of fused-ring (bicyclic) bond motifs is 2. The number of nitrogens with zero attached hydrogens (tertiary/aromatic N) is 2. The average molecular weight is 466 g/mol. The second-order valence-corrected chi connectivity index (χ2v) is 11.0. The molecule has 1 aliphatic carbocycles. The minimum Gasteiger partial charge on any atom is -0.326 e. The first-order valence-corrected chi connectivity index (χ1v) is 13.1. The van der Waals surface area contributed by atoms with E-state index in [4.69, 9.17) is 0 Å². The summed E-state index contributed by atoms with van der Waals surface area (Å²) in [5.41, 5.74) is 4.00. The fourth-order valence-corrected chi connectivity index (χ4v) is 6.76. The van der Waals surface area contributed by atoms with Gasteiger partial charge in [0, 0.05) is 23.3 Å². The monoisotopic (exact) mass is 465 g/mol. The average Bonchev–Trinajstić information content (AvgIpc) is 3.37. The van der Waals surface area contributed by atoms with Gasteiger partial charge in [-0.1, -0.05) is 49.2 Å². The van der Waals surface area contributed by atoms with E-state index < -0.39 is 0 Å². The molecule has 5 rings (SSSR count). The normalized spacial score (nSPS) is 18.7. The highest BCUT2D eigenvalue weighted by Crippen LogP contribution is 2.35. The van der Waals surface area contributed by atoms with Gasteiger partial charge >= 0.3 is 0 Å². The van der Waals surface area contributed by atoms with Gasteiger partial charge in [0.05, 0.1) is 16.0 Å². The van der Waals surface area contributed by atoms with Crippen LogP contribution in [0.2, 0.25) is 0 Å². The van der Waals surface area contributed by atoms with Crippen molar-refractivity contribution in [3.05, 3.63) is 48.0 Å². The molecule has 1 N–H and O–H groups in total. The molecule has 1 aliphatic heterocycles. The summed E-state index contributed by atoms with van der Waals surface area (Å²) in [6.07, 6.45) is 6.42. The SMILES string of the molecule is C[C@@H]1Cc2ccccc2N1C(=O)CSc1nc2ccc(NC(=O)C3CCCCC3)cc2s1. The molecule has 2 heterocycles. The van der Waals surface area contributed by atoms with E-state index >= 15 is 0 Å². The van der Waals surface area contributed by atoms with E-state index in [1.807, 2.05) is 41.3 Å². The van der Waals surface area contributed by atoms with Gasteiger partial charge in [-0.15, -0.1) is 11.3 Å². The standard InChI is InChI=1S/C25H27N3O2S2/c1-16-13-18-9-5-6-10-21(18)28(16)23(29)15-31-25-27-20-12-11-19(14-22(20)32-25)26-24(30)17-7-3-2-4-8-17/h5-6,9-12,14,16-17H,2-4,7-8,13,15H2,1H3,(H,26,30)/t16-/m1/s1. The maximum Gasteiger partial charge on any atom is 0.237 e. The number of carbonyl (C=O) groups excluding carboxylic acids is 2. The fourth-order valence-electron chi connectivity index (χ4n) is 4.79. The molecule has 0 saturated heterocycles. The number of amides is 2. The van der Waals surface area contributed by atoms with Gasteiger partial charge < -0.3 is 10.2 Å². The molecule has 1 saturated carbocycles. The molecule has 1 atom stereocenters. The molecule has 166 valence electrons. The maximum absolute atomic E-state index is 13.0. The van der Waals surface area contributed by atoms with Crippen LogP contribution in [-0.2, 0) is 16.0 Å². The van der Waals surface area contributed by atoms with Crippen LogP contribution in [0.4, 0.5) is 11.4 Å². The summed E-state index contributed by atoms with van der Waals surface area (Å²) in [4.78, 5) is 32.1. The summed E-state index contributed by atoms with van der Waals surface area (Å²) in [5.74, 6) is 0.751. The Hall–Kier alpha value is -2.38. The molecule has 0 unspecified atom stereocenters. The predicted molar refractivity (Wildman–Crippen MR) is 133 cm³/mol. The zero-order valence-electron chi connectivity index (χ0n) is 18.2. The van der Waals surface area contributed by atoms with Crippen LogP contribution in [0.5, 0.6) is 0 Å². The van der Waals surface area contributed by atoms with E-state index in [1.54, 1.807) is 11.3 Å². The van der Waals surface area contributed by atoms with Crippen molar-refractivity contribution in [1.82, 2.24) is 4.98 Å². The Morgan fingerprint density at radius 2 is 1.97 bits per heavy atom. The Morgan fingerprint density at radius 1 is 1.16 bits per heavy atom. The highest BCUT2D eigenvalue weighted by atomic mass is 32.2. The molecule has 7 heteroatoms. The second kappa shape index (κ2) is 9.24. The third kappa shape index (κ3) is 4.41. The van der Waals surface area contributed by atoms with Gasteiger partial charge in [0.2, 0.25) is 11.8 Å². The Bertz CT molecular complexity index is 1150. The van der Waals surface area contributed by atoms with Crippen LogP contribution in [0, 0.1) is 5.92 Å². The van der Waals surface area contributed by atoms with Crippen LogP contribution >= 0.6 is 23.1 Å². The lowest BCUT2D eigenvalue weighted by Crippen LogP contribution is -2.36. The first-order chi connectivity index (χ1) is 15.6. The van der Waals surface area contributed by atoms with Crippen LogP contribution in [0.3, 0.4) is 0 Å². The van der Waals surface area contributed by atoms with Crippen molar-refractivity contribution >= 4 is 56.5 Å². The van der Waals surface area contributed by atoms with Gasteiger partial charge in [-0.3, -0.25) is 9.59 Å². The van der Waals surface area contributed by atoms with Crippen molar-refractivity contribution in [3.8, 4) is 0 Å². The van der Waals surface area contributed by atoms with E-state index in [0.717, 1.165) is 58.0 Å². The van der Waals surface area contributed by atoms with Gasteiger partial charge in [-0.05, 0) is 56.0 Å². The number of para-hydroxylation sites is 1. The summed E-state index contributed by atoms with van der Waals surface area (Å²) in [6, 6.07) is 14.2. The third-order valence-electron chi connectivity index (χ3n) is 6.41. The number of benzene rings is 2. The van der Waals surface area contributed by atoms with Crippen LogP contribution in [-0.4, -0.2) is 28.6 Å². The first-order valence-electron chi connectivity index (χ1n) is 11.3. The zero-order valence-corrected chi connectivity index (χ0v) is 19.8. The Kier molecular flexibility index (Phi) is 6.20. The molecule has 0 radical (unpaired) electrons. The molecule has 0 spiro atoms. The number of carbonyl (C=O) groups is 2. The number of thioether (sulfide) groups is 1. The van der Waals surface area contributed by atoms with Crippen molar-refractivity contribution in [1.29, 1.82) is 0 Å². The van der Waals surface area contributed by atoms with Gasteiger partial charge in [0.25, 0.3) is 0 Å². The molecule has 1 aromatic heterocycles. The first kappa shape index (κ1) is 21.5. The molecule has 0 bridgehead atoms. The number of anilines is 2. The number of nitrogens with one attached hydrogen (secondary N) is 1. The van der Waals surface area contributed by atoms with E-state index in [0.29, 0.717) is 5.75 Å². The van der Waals surface area contributed by atoms with Gasteiger partial charge in [-0.2, -0.15) is 0 Å². The third-order valence-corrected chi connectivity index (χ3v) is 8.55. The van der Waals surface area contributed by atoms with E-state index in [9.17, 15) is 9.59 Å². The summed E-state index contributed by atoms with van der Waals surface area (Å²) in [7, 11) is 0. The topological polar surface area (TPSA) is 62.3 Å².